The molecule has 0 saturated heterocycles. The smallest absolute Gasteiger partial charge is 0.231 e. The molecule has 3 rings (SSSR count). The maximum atomic E-state index is 9.97. The van der Waals surface area contributed by atoms with Gasteiger partial charge in [-0.15, -0.1) is 0 Å². The number of hydrogen-bond donors (Lipinski definition) is 2. The fourth-order valence-electron chi connectivity index (χ4n) is 2.23. The molecule has 1 aliphatic heterocycles. The second kappa shape index (κ2) is 5.73. The van der Waals surface area contributed by atoms with Crippen LogP contribution < -0.4 is 14.8 Å². The van der Waals surface area contributed by atoms with E-state index in [-0.39, 0.29) is 12.5 Å². The zero-order valence-corrected chi connectivity index (χ0v) is 12.1. The molecule has 0 amide bonds. The van der Waals surface area contributed by atoms with Gasteiger partial charge in [-0.2, -0.15) is 11.3 Å². The molecule has 1 aliphatic rings. The second-order valence-corrected chi connectivity index (χ2v) is 5.73. The molecule has 4 nitrogen and oxygen atoms in total. The molecule has 0 saturated carbocycles. The lowest BCUT2D eigenvalue weighted by Gasteiger charge is -2.14. The van der Waals surface area contributed by atoms with Gasteiger partial charge in [-0.05, 0) is 41.8 Å². The van der Waals surface area contributed by atoms with E-state index >= 15 is 0 Å². The summed E-state index contributed by atoms with van der Waals surface area (Å²) < 4.78 is 10.6. The van der Waals surface area contributed by atoms with Gasteiger partial charge in [0.1, 0.15) is 5.75 Å². The molecule has 2 heterocycles. The number of hydrogen-bond acceptors (Lipinski definition) is 5. The highest BCUT2D eigenvalue weighted by molar-refractivity contribution is 7.07. The zero-order valence-electron chi connectivity index (χ0n) is 11.3. The summed E-state index contributed by atoms with van der Waals surface area (Å²) in [5.41, 5.74) is 2.16. The van der Waals surface area contributed by atoms with Crippen molar-refractivity contribution < 1.29 is 14.6 Å². The van der Waals surface area contributed by atoms with Crippen molar-refractivity contribution in [2.24, 2.45) is 0 Å². The van der Waals surface area contributed by atoms with E-state index in [0.717, 1.165) is 12.0 Å². The maximum absolute atomic E-state index is 9.97. The fraction of sp³-hybridized carbons (Fsp3) is 0.333. The Hall–Kier alpha value is -1.72. The highest BCUT2D eigenvalue weighted by atomic mass is 32.1. The minimum Gasteiger partial charge on any atom is -0.507 e. The highest BCUT2D eigenvalue weighted by Crippen LogP contribution is 2.37. The predicted molar refractivity (Wildman–Crippen MR) is 78.6 cm³/mol. The van der Waals surface area contributed by atoms with E-state index in [1.165, 1.54) is 5.56 Å². The first-order valence-electron chi connectivity index (χ1n) is 6.58. The minimum atomic E-state index is 0.222. The SMILES string of the molecule is CC(Cc1ccsc1)NCc1cc2c(cc1O)OCO2. The average molecular weight is 291 g/mol. The highest BCUT2D eigenvalue weighted by Gasteiger charge is 2.17. The van der Waals surface area contributed by atoms with Crippen molar-refractivity contribution in [3.63, 3.8) is 0 Å². The standard InChI is InChI=1S/C15H17NO3S/c1-10(4-11-2-3-20-8-11)16-7-12-5-14-15(6-13(12)17)19-9-18-14/h2-3,5-6,8,10,16-17H,4,7,9H2,1H3. The van der Waals surface area contributed by atoms with Gasteiger partial charge in [0.2, 0.25) is 6.79 Å². The van der Waals surface area contributed by atoms with E-state index in [0.29, 0.717) is 24.1 Å². The molecule has 2 N–H and O–H groups in total. The first-order chi connectivity index (χ1) is 9.72. The van der Waals surface area contributed by atoms with Crippen LogP contribution in [-0.2, 0) is 13.0 Å². The topological polar surface area (TPSA) is 50.7 Å². The van der Waals surface area contributed by atoms with Crippen molar-refractivity contribution in [1.82, 2.24) is 5.32 Å². The third kappa shape index (κ3) is 2.89. The molecule has 106 valence electrons. The van der Waals surface area contributed by atoms with Crippen LogP contribution in [0.5, 0.6) is 17.2 Å². The summed E-state index contributed by atoms with van der Waals surface area (Å²) in [5, 5.41) is 17.6. The van der Waals surface area contributed by atoms with Crippen LogP contribution in [0.15, 0.2) is 29.0 Å². The summed E-state index contributed by atoms with van der Waals surface area (Å²) in [6.45, 7) is 2.97. The molecular weight excluding hydrogens is 274 g/mol. The van der Waals surface area contributed by atoms with Gasteiger partial charge in [0.25, 0.3) is 0 Å². The van der Waals surface area contributed by atoms with Gasteiger partial charge in [-0.3, -0.25) is 0 Å². The molecule has 20 heavy (non-hydrogen) atoms. The van der Waals surface area contributed by atoms with Gasteiger partial charge in [0, 0.05) is 24.2 Å². The van der Waals surface area contributed by atoms with Crippen molar-refractivity contribution in [3.05, 3.63) is 40.1 Å². The summed E-state index contributed by atoms with van der Waals surface area (Å²) in [6.07, 6.45) is 0.981. The van der Waals surface area contributed by atoms with Crippen LogP contribution in [0.25, 0.3) is 0 Å². The van der Waals surface area contributed by atoms with E-state index in [2.05, 4.69) is 29.1 Å². The van der Waals surface area contributed by atoms with Crippen LogP contribution in [0.4, 0.5) is 0 Å². The van der Waals surface area contributed by atoms with Crippen molar-refractivity contribution >= 4 is 11.3 Å². The average Bonchev–Trinajstić information content (AvgIpc) is 3.06. The number of thiophene rings is 1. The molecule has 1 aromatic carbocycles. The minimum absolute atomic E-state index is 0.222. The number of phenolic OH excluding ortho intramolecular Hbond substituents is 1. The van der Waals surface area contributed by atoms with Crippen LogP contribution >= 0.6 is 11.3 Å². The van der Waals surface area contributed by atoms with Crippen molar-refractivity contribution in [2.45, 2.75) is 25.9 Å². The monoisotopic (exact) mass is 291 g/mol. The number of fused-ring (bicyclic) bond motifs is 1. The van der Waals surface area contributed by atoms with Crippen LogP contribution in [0.2, 0.25) is 0 Å². The first-order valence-corrected chi connectivity index (χ1v) is 7.52. The van der Waals surface area contributed by atoms with Gasteiger partial charge in [0.05, 0.1) is 0 Å². The van der Waals surface area contributed by atoms with E-state index in [1.54, 1.807) is 17.4 Å². The van der Waals surface area contributed by atoms with Crippen LogP contribution in [0.3, 0.4) is 0 Å². The Morgan fingerprint density at radius 1 is 1.35 bits per heavy atom. The molecular formula is C15H17NO3S. The molecule has 1 atom stereocenters. The van der Waals surface area contributed by atoms with Gasteiger partial charge < -0.3 is 19.9 Å². The van der Waals surface area contributed by atoms with Gasteiger partial charge in [0.15, 0.2) is 11.5 Å². The first kappa shape index (κ1) is 13.3. The van der Waals surface area contributed by atoms with Crippen LogP contribution in [0.1, 0.15) is 18.1 Å². The normalized spacial score (nSPS) is 14.4. The molecule has 0 bridgehead atoms. The summed E-state index contributed by atoms with van der Waals surface area (Å²) in [6, 6.07) is 5.93. The summed E-state index contributed by atoms with van der Waals surface area (Å²) in [7, 11) is 0. The number of ether oxygens (including phenoxy) is 2. The molecule has 1 aromatic heterocycles. The summed E-state index contributed by atoms with van der Waals surface area (Å²) >= 11 is 1.71. The molecule has 0 aliphatic carbocycles. The molecule has 0 fully saturated rings. The van der Waals surface area contributed by atoms with E-state index in [4.69, 9.17) is 9.47 Å². The fourth-order valence-corrected chi connectivity index (χ4v) is 2.92. The molecule has 0 spiro atoms. The lowest BCUT2D eigenvalue weighted by Crippen LogP contribution is -2.27. The second-order valence-electron chi connectivity index (χ2n) is 4.95. The number of nitrogens with one attached hydrogen (secondary N) is 1. The van der Waals surface area contributed by atoms with Crippen molar-refractivity contribution in [2.75, 3.05) is 6.79 Å². The number of aromatic hydroxyl groups is 1. The summed E-state index contributed by atoms with van der Waals surface area (Å²) in [4.78, 5) is 0. The number of benzene rings is 1. The van der Waals surface area contributed by atoms with Crippen molar-refractivity contribution in [1.29, 1.82) is 0 Å². The third-order valence-corrected chi connectivity index (χ3v) is 4.07. The largest absolute Gasteiger partial charge is 0.507 e. The Kier molecular flexibility index (Phi) is 3.80. The maximum Gasteiger partial charge on any atom is 0.231 e. The molecule has 0 radical (unpaired) electrons. The van der Waals surface area contributed by atoms with E-state index < -0.39 is 0 Å². The van der Waals surface area contributed by atoms with Crippen molar-refractivity contribution in [3.8, 4) is 17.2 Å². The predicted octanol–water partition coefficient (Wildman–Crippen LogP) is 2.90. The lowest BCUT2D eigenvalue weighted by molar-refractivity contribution is 0.174. The quantitative estimate of drug-likeness (QED) is 0.889. The van der Waals surface area contributed by atoms with E-state index in [9.17, 15) is 5.11 Å². The Labute approximate surface area is 122 Å². The van der Waals surface area contributed by atoms with Gasteiger partial charge >= 0.3 is 0 Å². The van der Waals surface area contributed by atoms with Gasteiger partial charge in [-0.25, -0.2) is 0 Å². The Bertz CT molecular complexity index is 583. The van der Waals surface area contributed by atoms with Crippen LogP contribution in [-0.4, -0.2) is 17.9 Å². The number of phenols is 1. The van der Waals surface area contributed by atoms with E-state index in [1.807, 2.05) is 6.07 Å². The molecule has 5 heteroatoms. The summed E-state index contributed by atoms with van der Waals surface area (Å²) in [5.74, 6) is 1.55. The lowest BCUT2D eigenvalue weighted by atomic mass is 10.1. The Morgan fingerprint density at radius 3 is 2.90 bits per heavy atom. The third-order valence-electron chi connectivity index (χ3n) is 3.34. The van der Waals surface area contributed by atoms with Gasteiger partial charge in [-0.1, -0.05) is 0 Å². The number of rotatable bonds is 5. The molecule has 2 aromatic rings. The zero-order chi connectivity index (χ0) is 13.9. The Balaban J connectivity index is 1.60. The molecule has 1 unspecified atom stereocenters. The Morgan fingerprint density at radius 2 is 2.15 bits per heavy atom. The van der Waals surface area contributed by atoms with Crippen LogP contribution in [0, 0.1) is 0 Å².